The van der Waals surface area contributed by atoms with Gasteiger partial charge in [-0.15, -0.1) is 0 Å². The van der Waals surface area contributed by atoms with Crippen LogP contribution in [-0.2, 0) is 9.47 Å². The van der Waals surface area contributed by atoms with Gasteiger partial charge < -0.3 is 52.4 Å². The Kier molecular flexibility index (Phi) is 6.34. The standard InChI is InChI=1S/C22H28N16O6/c23-19-27-1-5-7(11(39)17(43-5)37-3-29-9-13(37)33-21(25)35-15(9)41)31-20(24)28-2-6-8(32-19)12(40)18(44-6)38-4-30-10-14(38)34-22(26)36-16(10)42/h3-8,11-12,17-18,39-40H,1-2H2,(H3,23,27,32)(H3,24,28,31)(H3,25,33,35,41)(H3,26,34,36,42)/t5-,6-,7-,8-,11-,12-,17-,18-/m1/s1. The number of ether oxygens (including phenoxy) is 2. The fraction of sp³-hybridized carbons (Fsp3) is 0.455. The highest BCUT2D eigenvalue weighted by molar-refractivity contribution is 5.78. The van der Waals surface area contributed by atoms with Crippen molar-refractivity contribution in [3.05, 3.63) is 33.4 Å². The molecule has 8 atom stereocenters. The van der Waals surface area contributed by atoms with E-state index >= 15 is 0 Å². The van der Waals surface area contributed by atoms with E-state index in [1.807, 2.05) is 0 Å². The number of aromatic amines is 2. The van der Waals surface area contributed by atoms with Crippen molar-refractivity contribution in [1.29, 1.82) is 10.8 Å². The number of aliphatic hydroxyl groups excluding tert-OH is 2. The molecular weight excluding hydrogens is 584 g/mol. The van der Waals surface area contributed by atoms with Crippen molar-refractivity contribution in [1.82, 2.24) is 60.3 Å². The molecule has 3 fully saturated rings. The summed E-state index contributed by atoms with van der Waals surface area (Å²) in [5, 5.41) is 51.2. The molecule has 14 N–H and O–H groups in total. The lowest BCUT2D eigenvalue weighted by molar-refractivity contribution is -0.0332. The highest BCUT2D eigenvalue weighted by atomic mass is 16.5. The Morgan fingerprint density at radius 2 is 1.18 bits per heavy atom. The molecule has 3 aliphatic heterocycles. The number of rotatable bonds is 2. The normalized spacial score (nSPS) is 30.9. The monoisotopic (exact) mass is 612 g/mol. The molecule has 7 heterocycles. The smallest absolute Gasteiger partial charge is 0.280 e. The summed E-state index contributed by atoms with van der Waals surface area (Å²) in [7, 11) is 0. The third-order valence-corrected chi connectivity index (χ3v) is 7.78. The largest absolute Gasteiger partial charge is 0.386 e. The second-order valence-electron chi connectivity index (χ2n) is 10.5. The third kappa shape index (κ3) is 4.43. The summed E-state index contributed by atoms with van der Waals surface area (Å²) in [4.78, 5) is 45.6. The van der Waals surface area contributed by atoms with Gasteiger partial charge in [-0.05, 0) is 0 Å². The quantitative estimate of drug-likeness (QED) is 0.101. The first kappa shape index (κ1) is 27.5. The SMILES string of the molecule is N=C1NC[C@H]2O[C@@H](n3cnc4c(=O)[nH]c(N)nc43)[C@H](O)[C@@H]2NC(=N)NC[C@H]2O[C@@H](n3cnc4c(=O)[nH]c(N)nc43)[C@H](O)[C@@H]2N1. The van der Waals surface area contributed by atoms with Crippen LogP contribution in [0.3, 0.4) is 0 Å². The van der Waals surface area contributed by atoms with Gasteiger partial charge in [0.05, 0.1) is 24.7 Å². The molecule has 44 heavy (non-hydrogen) atoms. The second kappa shape index (κ2) is 10.1. The van der Waals surface area contributed by atoms with Crippen LogP contribution in [0.25, 0.3) is 22.3 Å². The maximum atomic E-state index is 12.3. The topological polar surface area (TPSA) is 334 Å². The average Bonchev–Trinajstić information content (AvgIpc) is 3.72. The lowest BCUT2D eigenvalue weighted by atomic mass is 10.1. The summed E-state index contributed by atoms with van der Waals surface area (Å²) in [5.74, 6) is -0.632. The van der Waals surface area contributed by atoms with Crippen LogP contribution in [0.5, 0.6) is 0 Å². The molecule has 4 aromatic rings. The van der Waals surface area contributed by atoms with Gasteiger partial charge in [0.1, 0.15) is 24.4 Å². The predicted molar refractivity (Wildman–Crippen MR) is 150 cm³/mol. The molecule has 22 nitrogen and oxygen atoms in total. The van der Waals surface area contributed by atoms with E-state index in [0.29, 0.717) is 0 Å². The van der Waals surface area contributed by atoms with Crippen LogP contribution in [-0.4, -0.2) is 111 Å². The number of aliphatic hydroxyl groups is 2. The molecule has 3 saturated heterocycles. The van der Waals surface area contributed by atoms with E-state index in [1.165, 1.54) is 21.8 Å². The number of nitrogens with zero attached hydrogens (tertiary/aromatic N) is 6. The van der Waals surface area contributed by atoms with Crippen molar-refractivity contribution >= 4 is 46.1 Å². The van der Waals surface area contributed by atoms with Gasteiger partial charge in [0.15, 0.2) is 46.7 Å². The van der Waals surface area contributed by atoms with Gasteiger partial charge in [0.25, 0.3) is 11.1 Å². The van der Waals surface area contributed by atoms with Crippen LogP contribution in [0.15, 0.2) is 22.2 Å². The Labute approximate surface area is 244 Å². The van der Waals surface area contributed by atoms with Crippen LogP contribution in [0, 0.1) is 10.8 Å². The maximum absolute atomic E-state index is 12.3. The van der Waals surface area contributed by atoms with Gasteiger partial charge in [0, 0.05) is 13.1 Å². The number of nitrogen functional groups attached to an aromatic ring is 2. The Hall–Kier alpha value is -5.32. The van der Waals surface area contributed by atoms with Crippen LogP contribution >= 0.6 is 0 Å². The molecular formula is C22H28N16O6. The first-order valence-electron chi connectivity index (χ1n) is 13.4. The number of imidazole rings is 2. The number of fused-ring (bicyclic) bond motifs is 4. The molecule has 0 bridgehead atoms. The van der Waals surface area contributed by atoms with E-state index < -0.39 is 60.1 Å². The summed E-state index contributed by atoms with van der Waals surface area (Å²) in [6, 6.07) is -1.72. The minimum atomic E-state index is -1.26. The Morgan fingerprint density at radius 1 is 0.773 bits per heavy atom. The predicted octanol–water partition coefficient (Wildman–Crippen LogP) is -5.09. The molecule has 0 amide bonds. The molecule has 232 valence electrons. The molecule has 3 aliphatic rings. The molecule has 0 radical (unpaired) electrons. The number of hydrogen-bond acceptors (Lipinski definition) is 14. The fourth-order valence-electron chi connectivity index (χ4n) is 5.75. The summed E-state index contributed by atoms with van der Waals surface area (Å²) < 4.78 is 15.0. The zero-order chi connectivity index (χ0) is 30.9. The van der Waals surface area contributed by atoms with Gasteiger partial charge >= 0.3 is 0 Å². The molecule has 0 aliphatic carbocycles. The van der Waals surface area contributed by atoms with E-state index in [-0.39, 0.29) is 59.2 Å². The summed E-state index contributed by atoms with van der Waals surface area (Å²) >= 11 is 0. The van der Waals surface area contributed by atoms with Gasteiger partial charge in [-0.2, -0.15) is 9.97 Å². The average molecular weight is 613 g/mol. The third-order valence-electron chi connectivity index (χ3n) is 7.78. The van der Waals surface area contributed by atoms with Crippen molar-refractivity contribution in [2.75, 3.05) is 24.6 Å². The minimum Gasteiger partial charge on any atom is -0.386 e. The number of aromatic nitrogens is 8. The van der Waals surface area contributed by atoms with Gasteiger partial charge in [0.2, 0.25) is 11.9 Å². The Balaban J connectivity index is 1.13. The minimum absolute atomic E-state index is 0.00510. The number of H-pyrrole nitrogens is 2. The number of guanidine groups is 2. The lowest BCUT2D eigenvalue weighted by Crippen LogP contribution is -2.59. The highest BCUT2D eigenvalue weighted by Crippen LogP contribution is 2.33. The van der Waals surface area contributed by atoms with E-state index in [9.17, 15) is 19.8 Å². The Morgan fingerprint density at radius 3 is 1.59 bits per heavy atom. The second-order valence-corrected chi connectivity index (χ2v) is 10.5. The van der Waals surface area contributed by atoms with E-state index in [0.717, 1.165) is 0 Å². The maximum Gasteiger partial charge on any atom is 0.280 e. The summed E-state index contributed by atoms with van der Waals surface area (Å²) in [6.45, 7) is -0.0218. The van der Waals surface area contributed by atoms with Crippen LogP contribution in [0.2, 0.25) is 0 Å². The van der Waals surface area contributed by atoms with Gasteiger partial charge in [-0.3, -0.25) is 39.5 Å². The van der Waals surface area contributed by atoms with Crippen LogP contribution in [0.4, 0.5) is 11.9 Å². The van der Waals surface area contributed by atoms with Crippen molar-refractivity contribution in [3.8, 4) is 0 Å². The van der Waals surface area contributed by atoms with Gasteiger partial charge in [-0.25, -0.2) is 9.97 Å². The van der Waals surface area contributed by atoms with E-state index in [4.69, 9.17) is 31.8 Å². The molecule has 4 aromatic heterocycles. The van der Waals surface area contributed by atoms with Crippen molar-refractivity contribution in [3.63, 3.8) is 0 Å². The molecule has 0 spiro atoms. The van der Waals surface area contributed by atoms with Crippen molar-refractivity contribution < 1.29 is 19.7 Å². The first-order valence-corrected chi connectivity index (χ1v) is 13.4. The number of hydrogen-bond donors (Lipinski definition) is 12. The molecule has 0 unspecified atom stereocenters. The lowest BCUT2D eigenvalue weighted by Gasteiger charge is -2.28. The zero-order valence-corrected chi connectivity index (χ0v) is 22.6. The summed E-state index contributed by atoms with van der Waals surface area (Å²) in [6.07, 6.45) is -3.64. The number of nitrogens with two attached hydrogens (primary N) is 2. The number of anilines is 2. The summed E-state index contributed by atoms with van der Waals surface area (Å²) in [5.41, 5.74) is 10.5. The van der Waals surface area contributed by atoms with Crippen molar-refractivity contribution in [2.24, 2.45) is 0 Å². The van der Waals surface area contributed by atoms with Crippen LogP contribution in [0.1, 0.15) is 12.5 Å². The first-order chi connectivity index (χ1) is 21.1. The Bertz CT molecular complexity index is 1760. The van der Waals surface area contributed by atoms with Crippen molar-refractivity contribution in [2.45, 2.75) is 49.0 Å². The number of nitrogens with one attached hydrogen (secondary N) is 8. The van der Waals surface area contributed by atoms with E-state index in [1.54, 1.807) is 0 Å². The van der Waals surface area contributed by atoms with E-state index in [2.05, 4.69) is 51.2 Å². The fourth-order valence-corrected chi connectivity index (χ4v) is 5.75. The molecule has 0 saturated carbocycles. The molecule has 0 aromatic carbocycles. The zero-order valence-electron chi connectivity index (χ0n) is 22.6. The molecule has 22 heteroatoms. The molecule has 7 rings (SSSR count). The van der Waals surface area contributed by atoms with Crippen LogP contribution < -0.4 is 43.9 Å². The van der Waals surface area contributed by atoms with Gasteiger partial charge in [-0.1, -0.05) is 0 Å². The highest BCUT2D eigenvalue weighted by Gasteiger charge is 2.48.